The van der Waals surface area contributed by atoms with E-state index in [0.717, 1.165) is 31.6 Å². The maximum Gasteiger partial charge on any atom is 0.359 e. The molecule has 3 rings (SSSR count). The number of likely N-dealkylation sites (N-methyl/N-ethyl adjacent to an activating group) is 1. The number of imidazole rings is 1. The Hall–Kier alpha value is -1.60. The second-order valence-corrected chi connectivity index (χ2v) is 7.53. The van der Waals surface area contributed by atoms with Crippen LogP contribution in [0.25, 0.3) is 4.96 Å². The van der Waals surface area contributed by atoms with Crippen LogP contribution in [0.3, 0.4) is 0 Å². The van der Waals surface area contributed by atoms with Crippen LogP contribution < -0.4 is 0 Å². The minimum absolute atomic E-state index is 0.0916. The molecule has 1 amide bonds. The van der Waals surface area contributed by atoms with Crippen LogP contribution in [0.5, 0.6) is 0 Å². The van der Waals surface area contributed by atoms with E-state index in [-0.39, 0.29) is 29.4 Å². The summed E-state index contributed by atoms with van der Waals surface area (Å²) in [5, 5.41) is 1.90. The molecule has 1 aliphatic carbocycles. The summed E-state index contributed by atoms with van der Waals surface area (Å²) >= 11 is 7.37. The van der Waals surface area contributed by atoms with Crippen LogP contribution >= 0.6 is 22.9 Å². The Kier molecular flexibility index (Phi) is 5.10. The quantitative estimate of drug-likeness (QED) is 0.776. The van der Waals surface area contributed by atoms with Gasteiger partial charge in [0.25, 0.3) is 5.91 Å². The third-order valence-corrected chi connectivity index (χ3v) is 5.69. The molecule has 8 heteroatoms. The highest BCUT2D eigenvalue weighted by Gasteiger charge is 2.26. The van der Waals surface area contributed by atoms with Crippen molar-refractivity contribution >= 4 is 39.8 Å². The summed E-state index contributed by atoms with van der Waals surface area (Å²) in [6.07, 6.45) is 5.96. The fourth-order valence-corrected chi connectivity index (χ4v) is 4.09. The predicted molar refractivity (Wildman–Crippen MR) is 92.6 cm³/mol. The van der Waals surface area contributed by atoms with Gasteiger partial charge < -0.3 is 9.64 Å². The molecule has 0 N–H and O–H groups in total. The molecular weight excluding hydrogens is 350 g/mol. The van der Waals surface area contributed by atoms with Crippen LogP contribution in [0, 0.1) is 5.92 Å². The molecule has 2 aromatic heterocycles. The molecule has 0 radical (unpaired) electrons. The average molecular weight is 370 g/mol. The second kappa shape index (κ2) is 7.11. The summed E-state index contributed by atoms with van der Waals surface area (Å²) in [5.74, 6) is -0.102. The van der Waals surface area contributed by atoms with Crippen molar-refractivity contribution in [2.45, 2.75) is 38.6 Å². The van der Waals surface area contributed by atoms with Gasteiger partial charge in [0.1, 0.15) is 0 Å². The lowest BCUT2D eigenvalue weighted by molar-refractivity contribution is -0.136. The van der Waals surface area contributed by atoms with E-state index in [1.807, 2.05) is 0 Å². The van der Waals surface area contributed by atoms with Gasteiger partial charge in [-0.15, -0.1) is 11.3 Å². The van der Waals surface area contributed by atoms with Gasteiger partial charge in [-0.1, -0.05) is 18.5 Å². The average Bonchev–Trinajstić information content (AvgIpc) is 3.12. The van der Waals surface area contributed by atoms with Gasteiger partial charge >= 0.3 is 5.97 Å². The highest BCUT2D eigenvalue weighted by Crippen LogP contribution is 2.26. The van der Waals surface area contributed by atoms with E-state index in [1.54, 1.807) is 27.9 Å². The van der Waals surface area contributed by atoms with Crippen LogP contribution in [0.2, 0.25) is 5.15 Å². The standard InChI is InChI=1S/C16H20ClN3O3S/c1-10-3-5-11(6-4-10)19(2)12(21)9-23-15(22)13-14(17)18-16-20(13)7-8-24-16/h7-8,10-11H,3-6,9H2,1-2H3. The molecule has 0 spiro atoms. The van der Waals surface area contributed by atoms with E-state index in [2.05, 4.69) is 11.9 Å². The van der Waals surface area contributed by atoms with E-state index in [4.69, 9.17) is 16.3 Å². The fraction of sp³-hybridized carbons (Fsp3) is 0.562. The number of hydrogen-bond donors (Lipinski definition) is 0. The van der Waals surface area contributed by atoms with Crippen LogP contribution in [-0.4, -0.2) is 45.9 Å². The first kappa shape index (κ1) is 17.2. The largest absolute Gasteiger partial charge is 0.451 e. The second-order valence-electron chi connectivity index (χ2n) is 6.30. The lowest BCUT2D eigenvalue weighted by atomic mass is 9.87. The topological polar surface area (TPSA) is 63.9 Å². The number of hydrogen-bond acceptors (Lipinski definition) is 5. The molecular formula is C16H20ClN3O3S. The van der Waals surface area contributed by atoms with Crippen LogP contribution in [0.1, 0.15) is 43.1 Å². The first-order valence-corrected chi connectivity index (χ1v) is 9.27. The van der Waals surface area contributed by atoms with Gasteiger partial charge in [-0.25, -0.2) is 9.78 Å². The van der Waals surface area contributed by atoms with E-state index in [9.17, 15) is 9.59 Å². The van der Waals surface area contributed by atoms with Crippen molar-refractivity contribution in [1.29, 1.82) is 0 Å². The first-order chi connectivity index (χ1) is 11.5. The Morgan fingerprint density at radius 2 is 2.12 bits per heavy atom. The molecule has 2 heterocycles. The molecule has 0 atom stereocenters. The number of carbonyl (C=O) groups is 2. The maximum atomic E-state index is 12.3. The molecule has 0 bridgehead atoms. The molecule has 0 aliphatic heterocycles. The van der Waals surface area contributed by atoms with E-state index < -0.39 is 5.97 Å². The third-order valence-electron chi connectivity index (χ3n) is 4.67. The Labute approximate surface area is 149 Å². The Bertz CT molecular complexity index is 749. The smallest absolute Gasteiger partial charge is 0.359 e. The minimum Gasteiger partial charge on any atom is -0.451 e. The van der Waals surface area contributed by atoms with Gasteiger partial charge in [0.15, 0.2) is 22.4 Å². The number of rotatable bonds is 4. The summed E-state index contributed by atoms with van der Waals surface area (Å²) in [7, 11) is 1.78. The molecule has 24 heavy (non-hydrogen) atoms. The van der Waals surface area contributed by atoms with E-state index in [0.29, 0.717) is 4.96 Å². The van der Waals surface area contributed by atoms with E-state index >= 15 is 0 Å². The molecule has 6 nitrogen and oxygen atoms in total. The van der Waals surface area contributed by atoms with Crippen molar-refractivity contribution in [3.05, 3.63) is 22.4 Å². The van der Waals surface area contributed by atoms with Gasteiger partial charge in [0.05, 0.1) is 0 Å². The third kappa shape index (κ3) is 3.42. The van der Waals surface area contributed by atoms with Gasteiger partial charge in [0, 0.05) is 24.7 Å². The number of ether oxygens (including phenoxy) is 1. The van der Waals surface area contributed by atoms with Gasteiger partial charge in [0.2, 0.25) is 0 Å². The Morgan fingerprint density at radius 3 is 2.83 bits per heavy atom. The monoisotopic (exact) mass is 369 g/mol. The van der Waals surface area contributed by atoms with Gasteiger partial charge in [-0.05, 0) is 31.6 Å². The van der Waals surface area contributed by atoms with Crippen molar-refractivity contribution in [2.24, 2.45) is 5.92 Å². The number of aromatic nitrogens is 2. The molecule has 2 aromatic rings. The predicted octanol–water partition coefficient (Wildman–Crippen LogP) is 3.24. The zero-order valence-electron chi connectivity index (χ0n) is 13.7. The van der Waals surface area contributed by atoms with Crippen molar-refractivity contribution < 1.29 is 14.3 Å². The molecule has 1 fully saturated rings. The number of halogens is 1. The summed E-state index contributed by atoms with van der Waals surface area (Å²) < 4.78 is 6.74. The summed E-state index contributed by atoms with van der Waals surface area (Å²) in [6, 6.07) is 0.231. The van der Waals surface area contributed by atoms with Crippen molar-refractivity contribution in [2.75, 3.05) is 13.7 Å². The maximum absolute atomic E-state index is 12.3. The summed E-state index contributed by atoms with van der Waals surface area (Å²) in [6.45, 7) is 1.95. The molecule has 0 saturated heterocycles. The van der Waals surface area contributed by atoms with Crippen LogP contribution in [-0.2, 0) is 9.53 Å². The lowest BCUT2D eigenvalue weighted by Crippen LogP contribution is -2.41. The van der Waals surface area contributed by atoms with E-state index in [1.165, 1.54) is 11.3 Å². The number of thiazole rings is 1. The number of fused-ring (bicyclic) bond motifs is 1. The number of carbonyl (C=O) groups excluding carboxylic acids is 2. The Balaban J connectivity index is 1.58. The zero-order chi connectivity index (χ0) is 17.3. The number of amides is 1. The van der Waals surface area contributed by atoms with Crippen molar-refractivity contribution in [1.82, 2.24) is 14.3 Å². The van der Waals surface area contributed by atoms with Crippen molar-refractivity contribution in [3.8, 4) is 0 Å². The SMILES string of the molecule is CC1CCC(N(C)C(=O)COC(=O)c2c(Cl)nc3sccn23)CC1. The molecule has 1 aliphatic rings. The highest BCUT2D eigenvalue weighted by molar-refractivity contribution is 7.15. The van der Waals surface area contributed by atoms with Crippen molar-refractivity contribution in [3.63, 3.8) is 0 Å². The van der Waals surface area contributed by atoms with Crippen LogP contribution in [0.15, 0.2) is 11.6 Å². The molecule has 0 aromatic carbocycles. The summed E-state index contributed by atoms with van der Waals surface area (Å²) in [5.41, 5.74) is 0.162. The molecule has 130 valence electrons. The lowest BCUT2D eigenvalue weighted by Gasteiger charge is -2.33. The molecule has 0 unspecified atom stereocenters. The van der Waals surface area contributed by atoms with Gasteiger partial charge in [-0.3, -0.25) is 9.20 Å². The van der Waals surface area contributed by atoms with Crippen LogP contribution in [0.4, 0.5) is 0 Å². The normalized spacial score (nSPS) is 21.0. The molecule has 1 saturated carbocycles. The zero-order valence-corrected chi connectivity index (χ0v) is 15.3. The fourth-order valence-electron chi connectivity index (χ4n) is 3.07. The minimum atomic E-state index is -0.634. The number of nitrogens with zero attached hydrogens (tertiary/aromatic N) is 3. The first-order valence-electron chi connectivity index (χ1n) is 8.01. The number of esters is 1. The Morgan fingerprint density at radius 1 is 1.42 bits per heavy atom. The highest BCUT2D eigenvalue weighted by atomic mass is 35.5. The van der Waals surface area contributed by atoms with Gasteiger partial charge in [-0.2, -0.15) is 0 Å². The summed E-state index contributed by atoms with van der Waals surface area (Å²) in [4.78, 5) is 31.0.